The van der Waals surface area contributed by atoms with Gasteiger partial charge < -0.3 is 20.2 Å². The van der Waals surface area contributed by atoms with E-state index in [0.717, 1.165) is 30.6 Å². The molecule has 1 heterocycles. The molecule has 1 aromatic heterocycles. The number of rotatable bonds is 8. The van der Waals surface area contributed by atoms with Gasteiger partial charge in [-0.05, 0) is 30.2 Å². The van der Waals surface area contributed by atoms with E-state index in [-0.39, 0.29) is 18.5 Å². The molecule has 2 aromatic rings. The van der Waals surface area contributed by atoms with Gasteiger partial charge in [-0.1, -0.05) is 31.9 Å². The monoisotopic (exact) mass is 316 g/mol. The van der Waals surface area contributed by atoms with Crippen LogP contribution in [0.25, 0.3) is 0 Å². The van der Waals surface area contributed by atoms with Crippen molar-refractivity contribution in [3.8, 4) is 5.75 Å². The van der Waals surface area contributed by atoms with E-state index in [1.807, 2.05) is 24.3 Å². The maximum Gasteiger partial charge on any atom is 0.255 e. The van der Waals surface area contributed by atoms with Gasteiger partial charge in [0.25, 0.3) is 5.91 Å². The van der Waals surface area contributed by atoms with Gasteiger partial charge in [0.15, 0.2) is 0 Å². The van der Waals surface area contributed by atoms with Crippen LogP contribution >= 0.6 is 0 Å². The molecule has 1 atom stereocenters. The molecule has 0 saturated carbocycles. The first kappa shape index (κ1) is 17.1. The molecule has 5 nitrogen and oxygen atoms in total. The van der Waals surface area contributed by atoms with Crippen molar-refractivity contribution >= 4 is 5.91 Å². The van der Waals surface area contributed by atoms with Crippen molar-refractivity contribution < 1.29 is 13.9 Å². The minimum atomic E-state index is -0.148. The highest BCUT2D eigenvalue weighted by atomic mass is 16.5. The Balaban J connectivity index is 2.11. The van der Waals surface area contributed by atoms with Gasteiger partial charge in [-0.3, -0.25) is 4.79 Å². The van der Waals surface area contributed by atoms with E-state index in [4.69, 9.17) is 14.9 Å². The van der Waals surface area contributed by atoms with Gasteiger partial charge in [0.2, 0.25) is 0 Å². The Morgan fingerprint density at radius 1 is 1.35 bits per heavy atom. The SMILES string of the molecule is CCCCC(NC(=O)c1coc(CN)c1)c1ccc(OC)cc1. The first-order chi connectivity index (χ1) is 11.2. The zero-order valence-corrected chi connectivity index (χ0v) is 13.7. The van der Waals surface area contributed by atoms with Gasteiger partial charge in [-0.2, -0.15) is 0 Å². The van der Waals surface area contributed by atoms with Crippen molar-refractivity contribution in [2.45, 2.75) is 38.8 Å². The van der Waals surface area contributed by atoms with E-state index in [1.54, 1.807) is 13.2 Å². The molecular formula is C18H24N2O3. The summed E-state index contributed by atoms with van der Waals surface area (Å²) in [5, 5.41) is 3.08. The molecule has 0 bridgehead atoms. The molecule has 3 N–H and O–H groups in total. The Morgan fingerprint density at radius 2 is 2.09 bits per heavy atom. The van der Waals surface area contributed by atoms with Crippen LogP contribution in [0.1, 0.15) is 53.9 Å². The predicted octanol–water partition coefficient (Wildman–Crippen LogP) is 3.41. The maximum atomic E-state index is 12.4. The van der Waals surface area contributed by atoms with Gasteiger partial charge in [0, 0.05) is 0 Å². The lowest BCUT2D eigenvalue weighted by molar-refractivity contribution is 0.0933. The third-order valence-electron chi connectivity index (χ3n) is 3.79. The van der Waals surface area contributed by atoms with Crippen LogP contribution in [0.3, 0.4) is 0 Å². The zero-order valence-electron chi connectivity index (χ0n) is 13.7. The Morgan fingerprint density at radius 3 is 2.65 bits per heavy atom. The van der Waals surface area contributed by atoms with Gasteiger partial charge in [-0.15, -0.1) is 0 Å². The van der Waals surface area contributed by atoms with Crippen LogP contribution in [-0.2, 0) is 6.54 Å². The molecule has 0 aliphatic carbocycles. The lowest BCUT2D eigenvalue weighted by atomic mass is 10.0. The number of benzene rings is 1. The molecule has 0 aliphatic heterocycles. The van der Waals surface area contributed by atoms with Crippen LogP contribution in [0.2, 0.25) is 0 Å². The molecule has 5 heteroatoms. The van der Waals surface area contributed by atoms with Crippen molar-refractivity contribution in [3.63, 3.8) is 0 Å². The Kier molecular flexibility index (Phi) is 6.23. The first-order valence-electron chi connectivity index (χ1n) is 7.90. The summed E-state index contributed by atoms with van der Waals surface area (Å²) in [5.74, 6) is 1.26. The minimum Gasteiger partial charge on any atom is -0.497 e. The number of nitrogens with one attached hydrogen (secondary N) is 1. The summed E-state index contributed by atoms with van der Waals surface area (Å²) in [6, 6.07) is 9.43. The van der Waals surface area contributed by atoms with Crippen LogP contribution in [-0.4, -0.2) is 13.0 Å². The van der Waals surface area contributed by atoms with Crippen molar-refractivity contribution in [2.24, 2.45) is 5.73 Å². The number of hydrogen-bond acceptors (Lipinski definition) is 4. The molecule has 0 aliphatic rings. The van der Waals surface area contributed by atoms with Crippen LogP contribution in [0, 0.1) is 0 Å². The molecule has 0 fully saturated rings. The van der Waals surface area contributed by atoms with E-state index < -0.39 is 0 Å². The van der Waals surface area contributed by atoms with Crippen molar-refractivity contribution in [2.75, 3.05) is 7.11 Å². The van der Waals surface area contributed by atoms with Gasteiger partial charge in [0.05, 0.1) is 25.3 Å². The number of nitrogens with two attached hydrogens (primary N) is 1. The Bertz CT molecular complexity index is 619. The highest BCUT2D eigenvalue weighted by Gasteiger charge is 2.17. The average molecular weight is 316 g/mol. The van der Waals surface area contributed by atoms with E-state index in [2.05, 4.69) is 12.2 Å². The standard InChI is InChI=1S/C18H24N2O3/c1-3-4-5-17(13-6-8-15(22-2)9-7-13)20-18(21)14-10-16(11-19)23-12-14/h6-10,12,17H,3-5,11,19H2,1-2H3,(H,20,21). The van der Waals surface area contributed by atoms with Crippen LogP contribution in [0.4, 0.5) is 0 Å². The maximum absolute atomic E-state index is 12.4. The smallest absolute Gasteiger partial charge is 0.255 e. The molecule has 2 rings (SSSR count). The lowest BCUT2D eigenvalue weighted by Crippen LogP contribution is -2.28. The first-order valence-corrected chi connectivity index (χ1v) is 7.90. The molecule has 1 unspecified atom stereocenters. The summed E-state index contributed by atoms with van der Waals surface area (Å²) in [6.45, 7) is 2.42. The largest absolute Gasteiger partial charge is 0.497 e. The fraction of sp³-hybridized carbons (Fsp3) is 0.389. The fourth-order valence-electron chi connectivity index (χ4n) is 2.41. The third-order valence-corrected chi connectivity index (χ3v) is 3.79. The second-order valence-corrected chi connectivity index (χ2v) is 5.45. The Labute approximate surface area is 136 Å². The van der Waals surface area contributed by atoms with E-state index in [0.29, 0.717) is 11.3 Å². The molecule has 23 heavy (non-hydrogen) atoms. The number of carbonyl (C=O) groups excluding carboxylic acids is 1. The lowest BCUT2D eigenvalue weighted by Gasteiger charge is -2.19. The second kappa shape index (κ2) is 8.39. The average Bonchev–Trinajstić information content (AvgIpc) is 3.08. The number of furan rings is 1. The van der Waals surface area contributed by atoms with E-state index in [1.165, 1.54) is 6.26 Å². The van der Waals surface area contributed by atoms with Gasteiger partial charge in [0.1, 0.15) is 17.8 Å². The molecule has 0 radical (unpaired) electrons. The molecule has 124 valence electrons. The van der Waals surface area contributed by atoms with Crippen LogP contribution < -0.4 is 15.8 Å². The molecule has 0 saturated heterocycles. The van der Waals surface area contributed by atoms with E-state index in [9.17, 15) is 4.79 Å². The van der Waals surface area contributed by atoms with Gasteiger partial charge in [-0.25, -0.2) is 0 Å². The normalized spacial score (nSPS) is 12.0. The molecule has 1 aromatic carbocycles. The third kappa shape index (κ3) is 4.60. The number of unbranched alkanes of at least 4 members (excludes halogenated alkanes) is 1. The molecular weight excluding hydrogens is 292 g/mol. The van der Waals surface area contributed by atoms with Gasteiger partial charge >= 0.3 is 0 Å². The summed E-state index contributed by atoms with van der Waals surface area (Å²) in [4.78, 5) is 12.4. The molecule has 1 amide bonds. The van der Waals surface area contributed by atoms with Crippen molar-refractivity contribution in [1.82, 2.24) is 5.32 Å². The topological polar surface area (TPSA) is 77.5 Å². The summed E-state index contributed by atoms with van der Waals surface area (Å²) < 4.78 is 10.4. The van der Waals surface area contributed by atoms with Crippen LogP contribution in [0.15, 0.2) is 41.0 Å². The number of amides is 1. The van der Waals surface area contributed by atoms with Crippen molar-refractivity contribution in [1.29, 1.82) is 0 Å². The molecule has 0 spiro atoms. The zero-order chi connectivity index (χ0) is 16.7. The summed E-state index contributed by atoms with van der Waals surface area (Å²) in [7, 11) is 1.64. The summed E-state index contributed by atoms with van der Waals surface area (Å²) >= 11 is 0. The number of methoxy groups -OCH3 is 1. The van der Waals surface area contributed by atoms with Crippen LogP contribution in [0.5, 0.6) is 5.75 Å². The summed E-state index contributed by atoms with van der Waals surface area (Å²) in [6.07, 6.45) is 4.45. The second-order valence-electron chi connectivity index (χ2n) is 5.45. The van der Waals surface area contributed by atoms with E-state index >= 15 is 0 Å². The number of ether oxygens (including phenoxy) is 1. The number of hydrogen-bond donors (Lipinski definition) is 2. The van der Waals surface area contributed by atoms with Crippen molar-refractivity contribution in [3.05, 3.63) is 53.5 Å². The quantitative estimate of drug-likeness (QED) is 0.782. The highest BCUT2D eigenvalue weighted by Crippen LogP contribution is 2.23. The fourth-order valence-corrected chi connectivity index (χ4v) is 2.41. The summed E-state index contributed by atoms with van der Waals surface area (Å²) in [5.41, 5.74) is 7.08. The minimum absolute atomic E-state index is 0.0374. The Hall–Kier alpha value is -2.27. The number of carbonyl (C=O) groups is 1. The predicted molar refractivity (Wildman–Crippen MR) is 89.3 cm³/mol. The highest BCUT2D eigenvalue weighted by molar-refractivity contribution is 5.94.